The van der Waals surface area contributed by atoms with Crippen molar-refractivity contribution in [2.45, 2.75) is 52.2 Å². The molecular formula is C21H31NO. The Bertz CT molecular complexity index is 520. The van der Waals surface area contributed by atoms with Crippen LogP contribution < -0.4 is 0 Å². The van der Waals surface area contributed by atoms with Crippen molar-refractivity contribution < 1.29 is 4.74 Å². The van der Waals surface area contributed by atoms with Gasteiger partial charge >= 0.3 is 0 Å². The number of piperidine rings is 1. The molecule has 0 spiro atoms. The lowest BCUT2D eigenvalue weighted by Gasteiger charge is -2.44. The van der Waals surface area contributed by atoms with Crippen molar-refractivity contribution >= 4 is 0 Å². The molecule has 2 heteroatoms. The Morgan fingerprint density at radius 1 is 1.09 bits per heavy atom. The average Bonchev–Trinajstić information content (AvgIpc) is 3.26. The molecule has 1 aromatic carbocycles. The fourth-order valence-electron chi connectivity index (χ4n) is 5.38. The van der Waals surface area contributed by atoms with Crippen LogP contribution >= 0.6 is 0 Å². The van der Waals surface area contributed by atoms with Crippen molar-refractivity contribution in [2.75, 3.05) is 19.6 Å². The lowest BCUT2D eigenvalue weighted by molar-refractivity contribution is 0.0338. The molecule has 3 aliphatic rings. The molecule has 1 saturated heterocycles. The van der Waals surface area contributed by atoms with E-state index in [1.807, 2.05) is 0 Å². The van der Waals surface area contributed by atoms with Crippen molar-refractivity contribution in [3.8, 4) is 0 Å². The summed E-state index contributed by atoms with van der Waals surface area (Å²) >= 11 is 0. The van der Waals surface area contributed by atoms with Crippen LogP contribution in [0.5, 0.6) is 0 Å². The largest absolute Gasteiger partial charge is 0.373 e. The molecule has 23 heavy (non-hydrogen) atoms. The Balaban J connectivity index is 1.27. The number of hydrogen-bond acceptors (Lipinski definition) is 2. The third kappa shape index (κ3) is 2.96. The Morgan fingerprint density at radius 3 is 2.57 bits per heavy atom. The van der Waals surface area contributed by atoms with Crippen LogP contribution in [0.15, 0.2) is 30.3 Å². The van der Waals surface area contributed by atoms with Crippen molar-refractivity contribution in [1.29, 1.82) is 0 Å². The van der Waals surface area contributed by atoms with Gasteiger partial charge in [0.25, 0.3) is 0 Å². The van der Waals surface area contributed by atoms with E-state index in [1.165, 1.54) is 50.9 Å². The van der Waals surface area contributed by atoms with Gasteiger partial charge in [0, 0.05) is 0 Å². The van der Waals surface area contributed by atoms with E-state index in [2.05, 4.69) is 49.1 Å². The molecular weight excluding hydrogens is 282 g/mol. The quantitative estimate of drug-likeness (QED) is 0.774. The average molecular weight is 313 g/mol. The van der Waals surface area contributed by atoms with Crippen molar-refractivity contribution in [3.05, 3.63) is 35.9 Å². The molecule has 2 aliphatic carbocycles. The van der Waals surface area contributed by atoms with Crippen LogP contribution in [-0.2, 0) is 11.3 Å². The summed E-state index contributed by atoms with van der Waals surface area (Å²) in [6, 6.07) is 10.6. The number of rotatable bonds is 6. The van der Waals surface area contributed by atoms with Gasteiger partial charge in [-0.3, -0.25) is 0 Å². The van der Waals surface area contributed by atoms with Gasteiger partial charge in [-0.25, -0.2) is 0 Å². The van der Waals surface area contributed by atoms with Gasteiger partial charge in [0.2, 0.25) is 0 Å². The molecule has 1 aliphatic heterocycles. The maximum Gasteiger partial charge on any atom is 0.0720 e. The number of ether oxygens (including phenoxy) is 1. The minimum Gasteiger partial charge on any atom is -0.373 e. The summed E-state index contributed by atoms with van der Waals surface area (Å²) in [4.78, 5) is 2.69. The summed E-state index contributed by atoms with van der Waals surface area (Å²) in [6.45, 7) is 9.70. The minimum absolute atomic E-state index is 0.488. The first-order valence-electron chi connectivity index (χ1n) is 9.56. The first-order valence-corrected chi connectivity index (χ1v) is 9.56. The standard InChI is InChI=1S/C21H31NO/c1-21(2)17(11-14-22-12-7-4-8-13-22)18-19(21)20(18)23-15-16-9-5-3-6-10-16/h3,5-6,9-10,17-20H,4,7-8,11-15H2,1-2H3/t17-,18?,19-,20?/m0/s1. The highest BCUT2D eigenvalue weighted by atomic mass is 16.5. The van der Waals surface area contributed by atoms with Gasteiger partial charge in [-0.2, -0.15) is 0 Å². The van der Waals surface area contributed by atoms with E-state index < -0.39 is 0 Å². The fourth-order valence-corrected chi connectivity index (χ4v) is 5.38. The summed E-state index contributed by atoms with van der Waals surface area (Å²) in [6.07, 6.45) is 6.15. The van der Waals surface area contributed by atoms with Gasteiger partial charge in [0.15, 0.2) is 0 Å². The number of likely N-dealkylation sites (tertiary alicyclic amines) is 1. The van der Waals surface area contributed by atoms with E-state index in [4.69, 9.17) is 4.74 Å². The summed E-state index contributed by atoms with van der Waals surface area (Å²) in [5.74, 6) is 2.53. The summed E-state index contributed by atoms with van der Waals surface area (Å²) in [5, 5.41) is 0. The summed E-state index contributed by atoms with van der Waals surface area (Å²) in [7, 11) is 0. The van der Waals surface area contributed by atoms with Crippen molar-refractivity contribution in [3.63, 3.8) is 0 Å². The third-order valence-corrected chi connectivity index (χ3v) is 6.78. The summed E-state index contributed by atoms with van der Waals surface area (Å²) < 4.78 is 6.27. The zero-order valence-electron chi connectivity index (χ0n) is 14.7. The Hall–Kier alpha value is -0.860. The van der Waals surface area contributed by atoms with Gasteiger partial charge in [0.1, 0.15) is 0 Å². The maximum absolute atomic E-state index is 6.27. The number of benzene rings is 1. The van der Waals surface area contributed by atoms with E-state index in [9.17, 15) is 0 Å². The molecule has 0 aromatic heterocycles. The van der Waals surface area contributed by atoms with Crippen LogP contribution in [0, 0.1) is 23.2 Å². The number of fused-ring (bicyclic) bond motifs is 1. The van der Waals surface area contributed by atoms with E-state index in [0.717, 1.165) is 24.4 Å². The Kier molecular flexibility index (Phi) is 4.23. The number of hydrogen-bond donors (Lipinski definition) is 0. The van der Waals surface area contributed by atoms with Crippen LogP contribution in [0.2, 0.25) is 0 Å². The predicted octanol–water partition coefficient (Wildman–Crippen LogP) is 4.35. The Labute approximate surface area is 141 Å². The first-order chi connectivity index (χ1) is 11.2. The van der Waals surface area contributed by atoms with E-state index >= 15 is 0 Å². The second-order valence-corrected chi connectivity index (χ2v) is 8.48. The van der Waals surface area contributed by atoms with Crippen molar-refractivity contribution in [1.82, 2.24) is 4.90 Å². The minimum atomic E-state index is 0.488. The van der Waals surface area contributed by atoms with Crippen LogP contribution in [0.3, 0.4) is 0 Å². The van der Waals surface area contributed by atoms with Crippen LogP contribution in [0.4, 0.5) is 0 Å². The second kappa shape index (κ2) is 6.22. The first kappa shape index (κ1) is 15.7. The van der Waals surface area contributed by atoms with Gasteiger partial charge in [-0.05, 0) is 67.6 Å². The molecule has 0 radical (unpaired) electrons. The molecule has 0 amide bonds. The predicted molar refractivity (Wildman–Crippen MR) is 94.2 cm³/mol. The lowest BCUT2D eigenvalue weighted by atomic mass is 9.61. The maximum atomic E-state index is 6.27. The van der Waals surface area contributed by atoms with E-state index in [0.29, 0.717) is 11.5 Å². The molecule has 0 N–H and O–H groups in total. The topological polar surface area (TPSA) is 12.5 Å². The van der Waals surface area contributed by atoms with Crippen LogP contribution in [-0.4, -0.2) is 30.6 Å². The van der Waals surface area contributed by atoms with E-state index in [-0.39, 0.29) is 0 Å². The molecule has 2 saturated carbocycles. The summed E-state index contributed by atoms with van der Waals surface area (Å²) in [5.41, 5.74) is 1.79. The lowest BCUT2D eigenvalue weighted by Crippen LogP contribution is -2.41. The highest BCUT2D eigenvalue weighted by Gasteiger charge is 2.73. The zero-order chi connectivity index (χ0) is 15.9. The molecule has 4 atom stereocenters. The van der Waals surface area contributed by atoms with Gasteiger partial charge in [-0.15, -0.1) is 0 Å². The highest BCUT2D eigenvalue weighted by Crippen LogP contribution is 2.72. The third-order valence-electron chi connectivity index (χ3n) is 6.78. The molecule has 3 fully saturated rings. The SMILES string of the molecule is CC1(C)[C@@H]2C(OCc3ccccc3)C2[C@@H]1CCN1CCCCC1. The molecule has 2 unspecified atom stereocenters. The van der Waals surface area contributed by atoms with Gasteiger partial charge < -0.3 is 9.64 Å². The molecule has 1 heterocycles. The fraction of sp³-hybridized carbons (Fsp3) is 0.714. The van der Waals surface area contributed by atoms with Gasteiger partial charge in [0.05, 0.1) is 12.7 Å². The monoisotopic (exact) mass is 313 g/mol. The molecule has 126 valence electrons. The van der Waals surface area contributed by atoms with Crippen molar-refractivity contribution in [2.24, 2.45) is 23.2 Å². The number of nitrogens with zero attached hydrogens (tertiary/aromatic N) is 1. The molecule has 1 aromatic rings. The van der Waals surface area contributed by atoms with E-state index in [1.54, 1.807) is 0 Å². The molecule has 2 nitrogen and oxygen atoms in total. The van der Waals surface area contributed by atoms with Gasteiger partial charge in [-0.1, -0.05) is 50.6 Å². The molecule has 4 rings (SSSR count). The smallest absolute Gasteiger partial charge is 0.0720 e. The van der Waals surface area contributed by atoms with Crippen LogP contribution in [0.1, 0.15) is 45.1 Å². The normalized spacial score (nSPS) is 35.4. The highest BCUT2D eigenvalue weighted by molar-refractivity contribution is 5.22. The zero-order valence-corrected chi connectivity index (χ0v) is 14.7. The van der Waals surface area contributed by atoms with Crippen LogP contribution in [0.25, 0.3) is 0 Å². The second-order valence-electron chi connectivity index (χ2n) is 8.48. The molecule has 0 bridgehead atoms. The Morgan fingerprint density at radius 2 is 1.83 bits per heavy atom.